The summed E-state index contributed by atoms with van der Waals surface area (Å²) in [5, 5.41) is 0. The van der Waals surface area contributed by atoms with Gasteiger partial charge in [-0.1, -0.05) is 34.6 Å². The van der Waals surface area contributed by atoms with E-state index in [-0.39, 0.29) is 23.4 Å². The van der Waals surface area contributed by atoms with Crippen LogP contribution in [-0.4, -0.2) is 12.1 Å². The number of hydrogen-bond donors (Lipinski definition) is 0. The summed E-state index contributed by atoms with van der Waals surface area (Å²) in [6.45, 7) is 10.8. The van der Waals surface area contributed by atoms with Crippen LogP contribution in [0.3, 0.4) is 0 Å². The molecule has 92 valence electrons. The summed E-state index contributed by atoms with van der Waals surface area (Å²) in [6, 6.07) is 0. The van der Waals surface area contributed by atoms with E-state index in [0.717, 1.165) is 12.3 Å². The predicted molar refractivity (Wildman–Crippen MR) is 63.9 cm³/mol. The molecule has 0 aromatic heterocycles. The summed E-state index contributed by atoms with van der Waals surface area (Å²) in [5.74, 6) is 0.697. The quantitative estimate of drug-likeness (QED) is 0.672. The van der Waals surface area contributed by atoms with Crippen molar-refractivity contribution in [1.82, 2.24) is 0 Å². The third-order valence-electron chi connectivity index (χ3n) is 5.44. The van der Waals surface area contributed by atoms with Gasteiger partial charge in [-0.2, -0.15) is 0 Å². The largest absolute Gasteiger partial charge is 0.462 e. The molecule has 0 radical (unpaired) electrons. The van der Waals surface area contributed by atoms with Crippen molar-refractivity contribution in [2.75, 3.05) is 0 Å². The Bertz CT molecular complexity index is 306. The van der Waals surface area contributed by atoms with Gasteiger partial charge in [0.1, 0.15) is 6.10 Å². The molecule has 0 N–H and O–H groups in total. The standard InChI is InChI=1S/C14H24O2/c1-9(2)12(15)16-11-8-10-6-7-14(11,5)13(10,3)4/h9-11H,6-8H2,1-5H3/t10-,11?,14-/m1/s1. The smallest absolute Gasteiger partial charge is 0.308 e. The van der Waals surface area contributed by atoms with Crippen LogP contribution in [0.5, 0.6) is 0 Å². The van der Waals surface area contributed by atoms with Crippen molar-refractivity contribution in [1.29, 1.82) is 0 Å². The normalized spacial score (nSPS) is 40.4. The van der Waals surface area contributed by atoms with Crippen molar-refractivity contribution >= 4 is 5.97 Å². The zero-order valence-corrected chi connectivity index (χ0v) is 11.2. The van der Waals surface area contributed by atoms with Gasteiger partial charge >= 0.3 is 5.97 Å². The molecule has 2 aliphatic rings. The molecule has 0 aromatic rings. The monoisotopic (exact) mass is 224 g/mol. The van der Waals surface area contributed by atoms with Crippen molar-refractivity contribution in [3.63, 3.8) is 0 Å². The van der Waals surface area contributed by atoms with E-state index in [1.165, 1.54) is 12.8 Å². The third-order valence-corrected chi connectivity index (χ3v) is 5.44. The Morgan fingerprint density at radius 1 is 1.31 bits per heavy atom. The molecule has 2 rings (SSSR count). The van der Waals surface area contributed by atoms with Gasteiger partial charge in [0.05, 0.1) is 5.92 Å². The maximum atomic E-state index is 11.7. The van der Waals surface area contributed by atoms with Crippen LogP contribution < -0.4 is 0 Å². The molecule has 2 bridgehead atoms. The minimum absolute atomic E-state index is 0.00848. The Labute approximate surface area is 98.7 Å². The first kappa shape index (κ1) is 11.9. The molecule has 1 unspecified atom stereocenters. The summed E-state index contributed by atoms with van der Waals surface area (Å²) in [6.07, 6.45) is 3.73. The molecule has 2 nitrogen and oxygen atoms in total. The van der Waals surface area contributed by atoms with Crippen molar-refractivity contribution in [3.8, 4) is 0 Å². The lowest BCUT2D eigenvalue weighted by molar-refractivity contribution is -0.160. The second-order valence-electron chi connectivity index (χ2n) is 6.69. The van der Waals surface area contributed by atoms with Crippen LogP contribution in [0.1, 0.15) is 53.9 Å². The molecule has 0 heterocycles. The molecule has 0 amide bonds. The summed E-state index contributed by atoms with van der Waals surface area (Å²) in [4.78, 5) is 11.7. The van der Waals surface area contributed by atoms with Crippen molar-refractivity contribution in [3.05, 3.63) is 0 Å². The number of rotatable bonds is 2. The van der Waals surface area contributed by atoms with Gasteiger partial charge in [-0.05, 0) is 30.6 Å². The molecule has 0 aliphatic heterocycles. The molecular formula is C14H24O2. The van der Waals surface area contributed by atoms with E-state index in [9.17, 15) is 4.79 Å². The Kier molecular flexibility index (Phi) is 2.60. The molecule has 2 aliphatic carbocycles. The maximum absolute atomic E-state index is 11.7. The molecule has 0 saturated heterocycles. The molecule has 16 heavy (non-hydrogen) atoms. The van der Waals surface area contributed by atoms with Gasteiger partial charge in [0, 0.05) is 5.41 Å². The van der Waals surface area contributed by atoms with E-state index in [1.807, 2.05) is 13.8 Å². The molecule has 2 saturated carbocycles. The second-order valence-corrected chi connectivity index (χ2v) is 6.69. The average molecular weight is 224 g/mol. The minimum Gasteiger partial charge on any atom is -0.462 e. The van der Waals surface area contributed by atoms with Gasteiger partial charge in [0.2, 0.25) is 0 Å². The number of fused-ring (bicyclic) bond motifs is 2. The van der Waals surface area contributed by atoms with Crippen molar-refractivity contribution in [2.24, 2.45) is 22.7 Å². The van der Waals surface area contributed by atoms with E-state index >= 15 is 0 Å². The van der Waals surface area contributed by atoms with Gasteiger partial charge < -0.3 is 4.74 Å². The van der Waals surface area contributed by atoms with E-state index in [2.05, 4.69) is 20.8 Å². The molecular weight excluding hydrogens is 200 g/mol. The van der Waals surface area contributed by atoms with Crippen LogP contribution in [0.4, 0.5) is 0 Å². The molecule has 0 aromatic carbocycles. The molecule has 3 atom stereocenters. The fourth-order valence-corrected chi connectivity index (χ4v) is 3.58. The lowest BCUT2D eigenvalue weighted by Gasteiger charge is -2.38. The Hall–Kier alpha value is -0.530. The first-order valence-corrected chi connectivity index (χ1v) is 6.49. The highest BCUT2D eigenvalue weighted by atomic mass is 16.5. The van der Waals surface area contributed by atoms with E-state index < -0.39 is 0 Å². The number of carbonyl (C=O) groups is 1. The van der Waals surface area contributed by atoms with Crippen molar-refractivity contribution < 1.29 is 9.53 Å². The highest BCUT2D eigenvalue weighted by Crippen LogP contribution is 2.66. The Balaban J connectivity index is 2.13. The first-order chi connectivity index (χ1) is 7.29. The maximum Gasteiger partial charge on any atom is 0.308 e. The van der Waals surface area contributed by atoms with Gasteiger partial charge in [-0.3, -0.25) is 4.79 Å². The van der Waals surface area contributed by atoms with E-state index in [0.29, 0.717) is 5.41 Å². The van der Waals surface area contributed by atoms with Crippen LogP contribution in [-0.2, 0) is 9.53 Å². The van der Waals surface area contributed by atoms with Crippen LogP contribution in [0.25, 0.3) is 0 Å². The fraction of sp³-hybridized carbons (Fsp3) is 0.929. The summed E-state index contributed by atoms with van der Waals surface area (Å²) in [5.41, 5.74) is 0.525. The van der Waals surface area contributed by atoms with Gasteiger partial charge in [0.15, 0.2) is 0 Å². The average Bonchev–Trinajstić information content (AvgIpc) is 2.50. The highest BCUT2D eigenvalue weighted by molar-refractivity contribution is 5.71. The number of hydrogen-bond acceptors (Lipinski definition) is 2. The highest BCUT2D eigenvalue weighted by Gasteiger charge is 2.62. The van der Waals surface area contributed by atoms with Crippen LogP contribution in [0.15, 0.2) is 0 Å². The number of ether oxygens (including phenoxy) is 1. The lowest BCUT2D eigenvalue weighted by atomic mass is 9.70. The van der Waals surface area contributed by atoms with Gasteiger partial charge in [-0.25, -0.2) is 0 Å². The zero-order chi connectivity index (χ0) is 12.1. The number of esters is 1. The minimum atomic E-state index is -0.0328. The molecule has 0 spiro atoms. The summed E-state index contributed by atoms with van der Waals surface area (Å²) >= 11 is 0. The topological polar surface area (TPSA) is 26.3 Å². The first-order valence-electron chi connectivity index (χ1n) is 6.49. The van der Waals surface area contributed by atoms with Crippen LogP contribution in [0.2, 0.25) is 0 Å². The second kappa shape index (κ2) is 3.48. The Morgan fingerprint density at radius 2 is 1.94 bits per heavy atom. The van der Waals surface area contributed by atoms with Crippen molar-refractivity contribution in [2.45, 2.75) is 60.0 Å². The lowest BCUT2D eigenvalue weighted by Crippen LogP contribution is -2.39. The zero-order valence-electron chi connectivity index (χ0n) is 11.2. The summed E-state index contributed by atoms with van der Waals surface area (Å²) in [7, 11) is 0. The molecule has 2 fully saturated rings. The SMILES string of the molecule is CC(C)C(=O)OC1C[C@H]2CC[C@@]1(C)C2(C)C. The predicted octanol–water partition coefficient (Wildman–Crippen LogP) is 3.40. The Morgan fingerprint density at radius 3 is 2.31 bits per heavy atom. The third kappa shape index (κ3) is 1.42. The van der Waals surface area contributed by atoms with E-state index in [1.54, 1.807) is 0 Å². The fourth-order valence-electron chi connectivity index (χ4n) is 3.58. The van der Waals surface area contributed by atoms with Gasteiger partial charge in [0.25, 0.3) is 0 Å². The van der Waals surface area contributed by atoms with E-state index in [4.69, 9.17) is 4.74 Å². The van der Waals surface area contributed by atoms with Crippen LogP contribution in [0, 0.1) is 22.7 Å². The number of carbonyl (C=O) groups excluding carboxylic acids is 1. The van der Waals surface area contributed by atoms with Crippen LogP contribution >= 0.6 is 0 Å². The molecule has 2 heteroatoms. The van der Waals surface area contributed by atoms with Gasteiger partial charge in [-0.15, -0.1) is 0 Å². The summed E-state index contributed by atoms with van der Waals surface area (Å²) < 4.78 is 5.71.